The fourth-order valence-corrected chi connectivity index (χ4v) is 15.6. The lowest BCUT2D eigenvalue weighted by molar-refractivity contribution is -0.122. The maximum Gasteiger partial charge on any atom is 0.317 e. The Morgan fingerprint density at radius 3 is 0.721 bits per heavy atom. The van der Waals surface area contributed by atoms with E-state index >= 15 is 0 Å². The minimum Gasteiger partial charge on any atom is -0.355 e. The van der Waals surface area contributed by atoms with Gasteiger partial charge in [0.25, 0.3) is 0 Å². The number of nitrogens with one attached hydrogen (secondary N) is 8. The molecule has 2 fully saturated rings. The van der Waals surface area contributed by atoms with E-state index in [1.165, 1.54) is 283 Å². The Bertz CT molecular complexity index is 1820. The Labute approximate surface area is 640 Å². The number of unbranched alkanes of at least 4 members (excludes halogenated alkanes) is 36. The molecule has 2 rings (SSSR count). The Kier molecular flexibility index (Phi) is 71.9. The molecule has 612 valence electrons. The Hall–Kier alpha value is -3.74. The van der Waals surface area contributed by atoms with Gasteiger partial charge >= 0.3 is 12.1 Å². The van der Waals surface area contributed by atoms with E-state index in [2.05, 4.69) is 70.2 Å². The summed E-state index contributed by atoms with van der Waals surface area (Å²) in [6, 6.07) is -0.0625. The van der Waals surface area contributed by atoms with Crippen molar-refractivity contribution >= 4 is 35.7 Å². The van der Waals surface area contributed by atoms with Gasteiger partial charge in [-0.1, -0.05) is 336 Å². The first-order valence-corrected chi connectivity index (χ1v) is 45.0. The Balaban J connectivity index is 0.00000104. The van der Waals surface area contributed by atoms with E-state index in [0.717, 1.165) is 101 Å². The minimum atomic E-state index is -0.0313. The van der Waals surface area contributed by atoms with Crippen LogP contribution in [0, 0.1) is 23.7 Å². The molecule has 0 aromatic heterocycles. The standard InChI is InChI=1S/C44H84N6O4.C42H88N6O2/c1-3-5-7-9-11-13-15-19-25-39(27-21-17-23-29-41(51)45-31-35-49-37-33-47-43(49)53)40(26-20-16-14-12-10-8-6-4-2)28-22-18-24-30-42(52)46-32-36-50-38-34-48-44(50)54;1-3-5-7-9-11-13-15-19-25-39(27-21-17-23-29-41(49)47-37-35-45-33-31-43)40(26-20-16-14-12-10-8-6-4-2)28-22-18-24-30-42(50)48-38-36-46-34-32-44/h39-40H,3-38H2,1-2H3,(H,45,51)(H,46,52)(H,47,53)(H,48,54);39-40,45-46H,3-38,43-44H2,1-2H3,(H,47,49)(H,48,50). The zero-order chi connectivity index (χ0) is 75.5. The van der Waals surface area contributed by atoms with Gasteiger partial charge in [-0.05, 0) is 49.4 Å². The van der Waals surface area contributed by atoms with E-state index in [1.54, 1.807) is 9.80 Å². The topological polar surface area (TPSA) is 257 Å². The number of nitrogens with zero attached hydrogens (tertiary/aromatic N) is 2. The van der Waals surface area contributed by atoms with Gasteiger partial charge in [0.1, 0.15) is 0 Å². The van der Waals surface area contributed by atoms with Crippen molar-refractivity contribution in [2.75, 3.05) is 105 Å². The predicted octanol–water partition coefficient (Wildman–Crippen LogP) is 18.0. The number of nitrogens with two attached hydrogens (primary N) is 2. The Morgan fingerprint density at radius 1 is 0.298 bits per heavy atom. The van der Waals surface area contributed by atoms with Crippen LogP contribution in [0.5, 0.6) is 0 Å². The van der Waals surface area contributed by atoms with Gasteiger partial charge in [0.2, 0.25) is 23.6 Å². The molecular weight excluding hydrogens is 1300 g/mol. The van der Waals surface area contributed by atoms with Gasteiger partial charge in [0.15, 0.2) is 0 Å². The number of amides is 8. The maximum atomic E-state index is 12.5. The highest BCUT2D eigenvalue weighted by molar-refractivity contribution is 5.78. The number of urea groups is 2. The fourth-order valence-electron chi connectivity index (χ4n) is 15.6. The smallest absolute Gasteiger partial charge is 0.317 e. The zero-order valence-electron chi connectivity index (χ0n) is 68.7. The molecule has 0 spiro atoms. The van der Waals surface area contributed by atoms with E-state index in [0.29, 0.717) is 104 Å². The summed E-state index contributed by atoms with van der Waals surface area (Å²) in [4.78, 5) is 76.6. The minimum absolute atomic E-state index is 0.0313. The molecule has 18 nitrogen and oxygen atoms in total. The molecule has 2 saturated heterocycles. The summed E-state index contributed by atoms with van der Waals surface area (Å²) in [5.74, 6) is 3.66. The van der Waals surface area contributed by atoms with Crippen molar-refractivity contribution in [2.24, 2.45) is 35.1 Å². The summed E-state index contributed by atoms with van der Waals surface area (Å²) in [6.07, 6.45) is 69.9. The van der Waals surface area contributed by atoms with Crippen LogP contribution in [0.3, 0.4) is 0 Å². The number of carbonyl (C=O) groups is 6. The molecule has 104 heavy (non-hydrogen) atoms. The first-order chi connectivity index (χ1) is 51.0. The van der Waals surface area contributed by atoms with Gasteiger partial charge in [-0.2, -0.15) is 0 Å². The molecule has 12 N–H and O–H groups in total. The van der Waals surface area contributed by atoms with Crippen LogP contribution in [0.1, 0.15) is 387 Å². The third-order valence-electron chi connectivity index (χ3n) is 22.2. The molecule has 0 aromatic carbocycles. The van der Waals surface area contributed by atoms with Crippen molar-refractivity contribution in [3.05, 3.63) is 0 Å². The van der Waals surface area contributed by atoms with E-state index in [9.17, 15) is 28.8 Å². The van der Waals surface area contributed by atoms with Crippen LogP contribution < -0.4 is 54.0 Å². The summed E-state index contributed by atoms with van der Waals surface area (Å²) in [5, 5.41) is 24.2. The molecule has 2 aliphatic rings. The summed E-state index contributed by atoms with van der Waals surface area (Å²) < 4.78 is 0. The van der Waals surface area contributed by atoms with E-state index < -0.39 is 0 Å². The molecule has 2 aliphatic heterocycles. The molecule has 0 aromatic rings. The third-order valence-corrected chi connectivity index (χ3v) is 22.2. The number of hydrogen-bond acceptors (Lipinski definition) is 10. The highest BCUT2D eigenvalue weighted by Gasteiger charge is 2.24. The van der Waals surface area contributed by atoms with Gasteiger partial charge in [-0.15, -0.1) is 0 Å². The van der Waals surface area contributed by atoms with Crippen molar-refractivity contribution in [1.82, 2.24) is 52.3 Å². The van der Waals surface area contributed by atoms with E-state index in [4.69, 9.17) is 11.5 Å². The largest absolute Gasteiger partial charge is 0.355 e. The average Bonchev–Trinajstić information content (AvgIpc) is 1.48. The molecule has 4 unspecified atom stereocenters. The van der Waals surface area contributed by atoms with Crippen molar-refractivity contribution in [2.45, 2.75) is 387 Å². The lowest BCUT2D eigenvalue weighted by Gasteiger charge is -2.28. The van der Waals surface area contributed by atoms with Crippen molar-refractivity contribution in [3.8, 4) is 0 Å². The van der Waals surface area contributed by atoms with Crippen LogP contribution in [0.25, 0.3) is 0 Å². The van der Waals surface area contributed by atoms with Crippen LogP contribution in [-0.4, -0.2) is 150 Å². The second-order valence-electron chi connectivity index (χ2n) is 31.4. The van der Waals surface area contributed by atoms with Gasteiger partial charge in [0, 0.05) is 130 Å². The normalized spacial score (nSPS) is 14.1. The van der Waals surface area contributed by atoms with Gasteiger partial charge in [-0.25, -0.2) is 9.59 Å². The molecule has 0 bridgehead atoms. The lowest BCUT2D eigenvalue weighted by Crippen LogP contribution is -2.36. The van der Waals surface area contributed by atoms with Crippen LogP contribution in [-0.2, 0) is 19.2 Å². The number of rotatable bonds is 78. The maximum absolute atomic E-state index is 12.5. The van der Waals surface area contributed by atoms with E-state index in [-0.39, 0.29) is 35.7 Å². The summed E-state index contributed by atoms with van der Waals surface area (Å²) in [6.45, 7) is 19.9. The summed E-state index contributed by atoms with van der Waals surface area (Å²) in [7, 11) is 0. The van der Waals surface area contributed by atoms with Gasteiger partial charge in [-0.3, -0.25) is 19.2 Å². The molecule has 0 saturated carbocycles. The zero-order valence-corrected chi connectivity index (χ0v) is 68.7. The van der Waals surface area contributed by atoms with Crippen LogP contribution >= 0.6 is 0 Å². The molecule has 0 radical (unpaired) electrons. The number of carbonyl (C=O) groups excluding carboxylic acids is 6. The monoisotopic (exact) mass is 1470 g/mol. The molecule has 18 heteroatoms. The predicted molar refractivity (Wildman–Crippen MR) is 441 cm³/mol. The van der Waals surface area contributed by atoms with Gasteiger partial charge in [0.05, 0.1) is 0 Å². The molecule has 4 atom stereocenters. The lowest BCUT2D eigenvalue weighted by atomic mass is 9.78. The highest BCUT2D eigenvalue weighted by atomic mass is 16.2. The van der Waals surface area contributed by atoms with E-state index in [1.807, 2.05) is 0 Å². The van der Waals surface area contributed by atoms with Crippen LogP contribution in [0.2, 0.25) is 0 Å². The van der Waals surface area contributed by atoms with Gasteiger partial charge < -0.3 is 63.8 Å². The molecule has 2 heterocycles. The second-order valence-corrected chi connectivity index (χ2v) is 31.4. The quantitative estimate of drug-likeness (QED) is 0.0258. The first kappa shape index (κ1) is 98.3. The molecule has 0 aliphatic carbocycles. The highest BCUT2D eigenvalue weighted by Crippen LogP contribution is 2.36. The Morgan fingerprint density at radius 2 is 0.510 bits per heavy atom. The van der Waals surface area contributed by atoms with Crippen LogP contribution in [0.4, 0.5) is 9.59 Å². The average molecular weight is 1470 g/mol. The third kappa shape index (κ3) is 62.2. The van der Waals surface area contributed by atoms with Crippen molar-refractivity contribution < 1.29 is 28.8 Å². The van der Waals surface area contributed by atoms with Crippen LogP contribution in [0.15, 0.2) is 0 Å². The first-order valence-electron chi connectivity index (χ1n) is 45.0. The van der Waals surface area contributed by atoms with Crippen molar-refractivity contribution in [3.63, 3.8) is 0 Å². The van der Waals surface area contributed by atoms with Crippen molar-refractivity contribution in [1.29, 1.82) is 0 Å². The number of hydrogen-bond donors (Lipinski definition) is 10. The summed E-state index contributed by atoms with van der Waals surface area (Å²) in [5.41, 5.74) is 11.0. The summed E-state index contributed by atoms with van der Waals surface area (Å²) >= 11 is 0. The molecule has 8 amide bonds. The molecular formula is C86H172N12O6. The fraction of sp³-hybridized carbons (Fsp3) is 0.930. The second kappa shape index (κ2) is 76.0. The SMILES string of the molecule is CCCCCCCCCCC(CCCCCC(=O)NCCN1CCNC1=O)C(CCCCCCCCCC)CCCCCC(=O)NCCN1CCNC1=O.CCCCCCCCCCC(CCCCCC(=O)NCCNCCN)C(CCCCCCCCCC)CCCCCC(=O)NCCNCCN.